The number of benzene rings is 7. The maximum Gasteiger partial charge on any atom is 0.160 e. The van der Waals surface area contributed by atoms with Gasteiger partial charge in [0.2, 0.25) is 0 Å². The van der Waals surface area contributed by atoms with Crippen LogP contribution in [0, 0.1) is 0 Å². The molecule has 0 unspecified atom stereocenters. The van der Waals surface area contributed by atoms with E-state index in [-0.39, 0.29) is 0 Å². The van der Waals surface area contributed by atoms with E-state index in [9.17, 15) is 0 Å². The summed E-state index contributed by atoms with van der Waals surface area (Å²) in [5, 5.41) is 5.56. The van der Waals surface area contributed by atoms with Crippen molar-refractivity contribution in [2.24, 2.45) is 0 Å². The monoisotopic (exact) mass is 645 g/mol. The molecule has 0 amide bonds. The predicted molar refractivity (Wildman–Crippen MR) is 205 cm³/mol. The molecule has 3 heterocycles. The molecule has 5 heteroatoms. The number of thiophene rings is 1. The van der Waals surface area contributed by atoms with E-state index in [2.05, 4.69) is 163 Å². The lowest BCUT2D eigenvalue weighted by molar-refractivity contribution is 0.669. The van der Waals surface area contributed by atoms with Gasteiger partial charge in [-0.05, 0) is 65.4 Å². The Morgan fingerprint density at radius 3 is 1.88 bits per heavy atom. The number of para-hydroxylation sites is 2. The highest BCUT2D eigenvalue weighted by Crippen LogP contribution is 2.46. The van der Waals surface area contributed by atoms with E-state index in [0.29, 0.717) is 5.82 Å². The van der Waals surface area contributed by atoms with Gasteiger partial charge in [0, 0.05) is 38.0 Å². The van der Waals surface area contributed by atoms with Gasteiger partial charge in [0.1, 0.15) is 11.2 Å². The Balaban J connectivity index is 1.32. The van der Waals surface area contributed by atoms with Gasteiger partial charge in [0.25, 0.3) is 0 Å². The lowest BCUT2D eigenvalue weighted by Gasteiger charge is -2.26. The summed E-state index contributed by atoms with van der Waals surface area (Å²) >= 11 is 1.74. The Morgan fingerprint density at radius 1 is 0.510 bits per heavy atom. The molecule has 4 nitrogen and oxygen atoms in total. The minimum absolute atomic E-state index is 0.657. The van der Waals surface area contributed by atoms with Gasteiger partial charge >= 0.3 is 0 Å². The van der Waals surface area contributed by atoms with E-state index in [1.54, 1.807) is 11.3 Å². The number of rotatable bonds is 5. The van der Waals surface area contributed by atoms with Gasteiger partial charge in [-0.2, -0.15) is 0 Å². The average Bonchev–Trinajstić information content (AvgIpc) is 3.72. The van der Waals surface area contributed by atoms with E-state index in [1.807, 2.05) is 6.07 Å². The highest BCUT2D eigenvalue weighted by atomic mass is 32.1. The normalized spacial score (nSPS) is 11.7. The van der Waals surface area contributed by atoms with Crippen molar-refractivity contribution < 1.29 is 4.42 Å². The number of hydrogen-bond acceptors (Lipinski definition) is 5. The van der Waals surface area contributed by atoms with Crippen LogP contribution in [-0.4, -0.2) is 9.97 Å². The first-order valence-corrected chi connectivity index (χ1v) is 17.1. The molecule has 0 aliphatic carbocycles. The third kappa shape index (κ3) is 4.59. The van der Waals surface area contributed by atoms with E-state index in [1.165, 1.54) is 10.1 Å². The van der Waals surface area contributed by atoms with Crippen LogP contribution in [0.2, 0.25) is 0 Å². The SMILES string of the molecule is c1ccc(-c2nc(-c3cc(N(c4ccccc4)c4ccccc4)c4c(c3)oc3cc5ccccc5cc34)nc3c2sc2ccccc23)cc1. The number of fused-ring (bicyclic) bond motifs is 7. The molecule has 0 saturated heterocycles. The molecule has 0 N–H and O–H groups in total. The topological polar surface area (TPSA) is 42.2 Å². The lowest BCUT2D eigenvalue weighted by Crippen LogP contribution is -2.10. The molecule has 7 aromatic carbocycles. The quantitative estimate of drug-likeness (QED) is 0.187. The fourth-order valence-corrected chi connectivity index (χ4v) is 8.12. The molecule has 0 aliphatic heterocycles. The van der Waals surface area contributed by atoms with Crippen molar-refractivity contribution >= 4 is 81.4 Å². The number of furan rings is 1. The molecule has 0 atom stereocenters. The third-order valence-electron chi connectivity index (χ3n) is 9.21. The zero-order valence-electron chi connectivity index (χ0n) is 26.2. The Bertz CT molecular complexity index is 2790. The molecule has 49 heavy (non-hydrogen) atoms. The first-order chi connectivity index (χ1) is 24.3. The van der Waals surface area contributed by atoms with E-state index in [0.717, 1.165) is 76.8 Å². The molecule has 0 aliphatic rings. The minimum Gasteiger partial charge on any atom is -0.456 e. The van der Waals surface area contributed by atoms with Crippen molar-refractivity contribution in [2.45, 2.75) is 0 Å². The van der Waals surface area contributed by atoms with Gasteiger partial charge in [0.15, 0.2) is 5.82 Å². The van der Waals surface area contributed by atoms with Gasteiger partial charge in [-0.3, -0.25) is 0 Å². The van der Waals surface area contributed by atoms with Gasteiger partial charge in [-0.15, -0.1) is 11.3 Å². The Labute approximate surface area is 286 Å². The standard InChI is InChI=1S/C44H27N3OS/c1-4-14-28(15-5-1)41-43-42(34-22-12-13-23-39(34)49-43)46-44(45-41)31-25-36(47(32-18-6-2-7-19-32)33-20-8-3-9-21-33)40-35-24-29-16-10-11-17-30(29)26-37(35)48-38(40)27-31/h1-27H. The second kappa shape index (κ2) is 11.2. The molecule has 0 saturated carbocycles. The Kier molecular flexibility index (Phi) is 6.32. The summed E-state index contributed by atoms with van der Waals surface area (Å²) in [4.78, 5) is 12.9. The van der Waals surface area contributed by atoms with E-state index < -0.39 is 0 Å². The summed E-state index contributed by atoms with van der Waals surface area (Å²) < 4.78 is 9.04. The van der Waals surface area contributed by atoms with Crippen LogP contribution < -0.4 is 4.90 Å². The molecule has 0 radical (unpaired) electrons. The highest BCUT2D eigenvalue weighted by Gasteiger charge is 2.23. The zero-order chi connectivity index (χ0) is 32.3. The predicted octanol–water partition coefficient (Wildman–Crippen LogP) is 12.7. The van der Waals surface area contributed by atoms with Crippen molar-refractivity contribution in [1.82, 2.24) is 9.97 Å². The molecule has 230 valence electrons. The van der Waals surface area contributed by atoms with Crippen LogP contribution in [-0.2, 0) is 0 Å². The Morgan fingerprint density at radius 2 is 1.14 bits per heavy atom. The number of anilines is 3. The average molecular weight is 646 g/mol. The zero-order valence-corrected chi connectivity index (χ0v) is 27.1. The van der Waals surface area contributed by atoms with E-state index >= 15 is 0 Å². The maximum absolute atomic E-state index is 6.76. The summed E-state index contributed by atoms with van der Waals surface area (Å²) in [6.45, 7) is 0. The van der Waals surface area contributed by atoms with Crippen molar-refractivity contribution in [2.75, 3.05) is 4.90 Å². The molecular formula is C44H27N3OS. The van der Waals surface area contributed by atoms with Crippen LogP contribution in [0.15, 0.2) is 168 Å². The van der Waals surface area contributed by atoms with Gasteiger partial charge in [-0.25, -0.2) is 9.97 Å². The minimum atomic E-state index is 0.657. The van der Waals surface area contributed by atoms with Crippen LogP contribution in [0.4, 0.5) is 17.1 Å². The van der Waals surface area contributed by atoms with Crippen LogP contribution in [0.25, 0.3) is 75.7 Å². The van der Waals surface area contributed by atoms with E-state index in [4.69, 9.17) is 14.4 Å². The molecule has 0 fully saturated rings. The highest BCUT2D eigenvalue weighted by molar-refractivity contribution is 7.26. The molecule has 0 bridgehead atoms. The van der Waals surface area contributed by atoms with Crippen LogP contribution in [0.5, 0.6) is 0 Å². The molecule has 10 aromatic rings. The summed E-state index contributed by atoms with van der Waals surface area (Å²) in [5.74, 6) is 0.657. The number of hydrogen-bond donors (Lipinski definition) is 0. The first-order valence-electron chi connectivity index (χ1n) is 16.3. The van der Waals surface area contributed by atoms with Crippen LogP contribution >= 0.6 is 11.3 Å². The fraction of sp³-hybridized carbons (Fsp3) is 0. The van der Waals surface area contributed by atoms with Gasteiger partial charge in [-0.1, -0.05) is 109 Å². The fourth-order valence-electron chi connectivity index (χ4n) is 6.97. The van der Waals surface area contributed by atoms with Crippen molar-refractivity contribution in [3.8, 4) is 22.6 Å². The second-order valence-corrected chi connectivity index (χ2v) is 13.3. The molecule has 3 aromatic heterocycles. The molecule has 10 rings (SSSR count). The first kappa shape index (κ1) is 27.8. The van der Waals surface area contributed by atoms with Crippen molar-refractivity contribution in [1.29, 1.82) is 0 Å². The summed E-state index contributed by atoms with van der Waals surface area (Å²) in [5.41, 5.74) is 8.58. The molecule has 0 spiro atoms. The Hall–Kier alpha value is -6.30. The molecular weight excluding hydrogens is 619 g/mol. The smallest absolute Gasteiger partial charge is 0.160 e. The summed E-state index contributed by atoms with van der Waals surface area (Å²) in [6, 6.07) is 57.1. The van der Waals surface area contributed by atoms with Gasteiger partial charge < -0.3 is 9.32 Å². The largest absolute Gasteiger partial charge is 0.456 e. The van der Waals surface area contributed by atoms with Crippen molar-refractivity contribution in [3.63, 3.8) is 0 Å². The van der Waals surface area contributed by atoms with Crippen LogP contribution in [0.1, 0.15) is 0 Å². The number of aromatic nitrogens is 2. The van der Waals surface area contributed by atoms with Crippen LogP contribution in [0.3, 0.4) is 0 Å². The lowest BCUT2D eigenvalue weighted by atomic mass is 10.0. The summed E-state index contributed by atoms with van der Waals surface area (Å²) in [7, 11) is 0. The maximum atomic E-state index is 6.76. The van der Waals surface area contributed by atoms with Gasteiger partial charge in [0.05, 0.1) is 27.0 Å². The number of nitrogens with zero attached hydrogens (tertiary/aromatic N) is 3. The third-order valence-corrected chi connectivity index (χ3v) is 10.4. The van der Waals surface area contributed by atoms with Crippen molar-refractivity contribution in [3.05, 3.63) is 164 Å². The second-order valence-electron chi connectivity index (χ2n) is 12.2. The summed E-state index contributed by atoms with van der Waals surface area (Å²) in [6.07, 6.45) is 0.